The molecule has 0 aromatic rings. The molecule has 72 valence electrons. The van der Waals surface area contributed by atoms with Gasteiger partial charge in [0.05, 0.1) is 11.8 Å². The molecule has 2 N–H and O–H groups in total. The lowest BCUT2D eigenvalue weighted by Gasteiger charge is -2.22. The standard InChI is InChI=1S/C8H10O5/c9-6-2-4(7(10)11)1-5(3-6)8(12)13/h4-5H,1-3H2,(H,10,11)(H,12,13). The lowest BCUT2D eigenvalue weighted by Crippen LogP contribution is -2.31. The smallest absolute Gasteiger partial charge is 0.306 e. The molecule has 5 heteroatoms. The summed E-state index contributed by atoms with van der Waals surface area (Å²) in [6, 6.07) is 0. The summed E-state index contributed by atoms with van der Waals surface area (Å²) in [5, 5.41) is 17.2. The number of carbonyl (C=O) groups excluding carboxylic acids is 1. The Kier molecular flexibility index (Phi) is 2.65. The molecule has 1 aliphatic carbocycles. The van der Waals surface area contributed by atoms with Gasteiger partial charge in [0, 0.05) is 12.8 Å². The quantitative estimate of drug-likeness (QED) is 0.640. The molecule has 0 bridgehead atoms. The highest BCUT2D eigenvalue weighted by Crippen LogP contribution is 2.26. The first kappa shape index (κ1) is 9.70. The normalized spacial score (nSPS) is 28.5. The maximum absolute atomic E-state index is 11.0. The molecule has 0 spiro atoms. The highest BCUT2D eigenvalue weighted by molar-refractivity contribution is 5.89. The molecule has 0 aromatic carbocycles. The van der Waals surface area contributed by atoms with Crippen molar-refractivity contribution < 1.29 is 24.6 Å². The fourth-order valence-electron chi connectivity index (χ4n) is 1.52. The second-order valence-electron chi connectivity index (χ2n) is 3.25. The van der Waals surface area contributed by atoms with Gasteiger partial charge in [-0.15, -0.1) is 0 Å². The summed E-state index contributed by atoms with van der Waals surface area (Å²) >= 11 is 0. The van der Waals surface area contributed by atoms with E-state index in [0.717, 1.165) is 0 Å². The van der Waals surface area contributed by atoms with Crippen LogP contribution in [0.4, 0.5) is 0 Å². The molecule has 1 rings (SSSR count). The molecule has 0 heterocycles. The molecule has 0 aromatic heterocycles. The highest BCUT2D eigenvalue weighted by Gasteiger charge is 2.35. The molecule has 0 radical (unpaired) electrons. The van der Waals surface area contributed by atoms with E-state index in [1.54, 1.807) is 0 Å². The lowest BCUT2D eigenvalue weighted by molar-refractivity contribution is -0.151. The van der Waals surface area contributed by atoms with Gasteiger partial charge in [-0.25, -0.2) is 0 Å². The van der Waals surface area contributed by atoms with E-state index in [1.165, 1.54) is 0 Å². The van der Waals surface area contributed by atoms with E-state index < -0.39 is 23.8 Å². The van der Waals surface area contributed by atoms with Crippen molar-refractivity contribution in [3.63, 3.8) is 0 Å². The molecular weight excluding hydrogens is 176 g/mol. The molecule has 1 aliphatic rings. The molecule has 5 nitrogen and oxygen atoms in total. The second kappa shape index (κ2) is 3.55. The van der Waals surface area contributed by atoms with Crippen molar-refractivity contribution in [2.24, 2.45) is 11.8 Å². The Morgan fingerprint density at radius 3 is 1.77 bits per heavy atom. The van der Waals surface area contributed by atoms with E-state index in [2.05, 4.69) is 0 Å². The zero-order valence-corrected chi connectivity index (χ0v) is 6.90. The van der Waals surface area contributed by atoms with E-state index in [-0.39, 0.29) is 25.0 Å². The summed E-state index contributed by atoms with van der Waals surface area (Å²) in [4.78, 5) is 32.0. The number of rotatable bonds is 2. The second-order valence-corrected chi connectivity index (χ2v) is 3.25. The zero-order valence-electron chi connectivity index (χ0n) is 6.90. The first-order chi connectivity index (χ1) is 6.00. The van der Waals surface area contributed by atoms with Crippen LogP contribution in [0.25, 0.3) is 0 Å². The van der Waals surface area contributed by atoms with Crippen LogP contribution in [0.3, 0.4) is 0 Å². The highest BCUT2D eigenvalue weighted by atomic mass is 16.4. The Bertz CT molecular complexity index is 233. The van der Waals surface area contributed by atoms with Crippen molar-refractivity contribution in [2.45, 2.75) is 19.3 Å². The minimum absolute atomic E-state index is 0.0287. The molecule has 0 aliphatic heterocycles. The Morgan fingerprint density at radius 1 is 1.08 bits per heavy atom. The number of carboxylic acid groups (broad SMARTS) is 2. The Labute approximate surface area is 74.4 Å². The van der Waals surface area contributed by atoms with Crippen molar-refractivity contribution in [3.05, 3.63) is 0 Å². The molecule has 2 unspecified atom stereocenters. The van der Waals surface area contributed by atoms with E-state index in [1.807, 2.05) is 0 Å². The first-order valence-electron chi connectivity index (χ1n) is 3.98. The van der Waals surface area contributed by atoms with Gasteiger partial charge in [-0.3, -0.25) is 14.4 Å². The predicted molar refractivity (Wildman–Crippen MR) is 41.1 cm³/mol. The van der Waals surface area contributed by atoms with Gasteiger partial charge in [-0.05, 0) is 6.42 Å². The molecule has 13 heavy (non-hydrogen) atoms. The van der Waals surface area contributed by atoms with Gasteiger partial charge in [-0.2, -0.15) is 0 Å². The van der Waals surface area contributed by atoms with Crippen LogP contribution in [0.15, 0.2) is 0 Å². The van der Waals surface area contributed by atoms with Crippen LogP contribution in [0.1, 0.15) is 19.3 Å². The van der Waals surface area contributed by atoms with Gasteiger partial charge in [0.2, 0.25) is 0 Å². The van der Waals surface area contributed by atoms with E-state index in [9.17, 15) is 14.4 Å². The summed E-state index contributed by atoms with van der Waals surface area (Å²) in [6.45, 7) is 0. The third-order valence-corrected chi connectivity index (χ3v) is 2.22. The van der Waals surface area contributed by atoms with Crippen LogP contribution >= 0.6 is 0 Å². The van der Waals surface area contributed by atoms with E-state index in [4.69, 9.17) is 10.2 Å². The summed E-state index contributed by atoms with van der Waals surface area (Å²) in [7, 11) is 0. The van der Waals surface area contributed by atoms with Crippen LogP contribution in [0, 0.1) is 11.8 Å². The van der Waals surface area contributed by atoms with Crippen molar-refractivity contribution in [2.75, 3.05) is 0 Å². The number of aliphatic carboxylic acids is 2. The van der Waals surface area contributed by atoms with Gasteiger partial charge in [0.25, 0.3) is 0 Å². The van der Waals surface area contributed by atoms with Gasteiger partial charge >= 0.3 is 11.9 Å². The third kappa shape index (κ3) is 2.27. The summed E-state index contributed by atoms with van der Waals surface area (Å²) in [6.07, 6.45) is 0.00856. The zero-order chi connectivity index (χ0) is 10.0. The van der Waals surface area contributed by atoms with E-state index >= 15 is 0 Å². The lowest BCUT2D eigenvalue weighted by atomic mass is 9.81. The minimum Gasteiger partial charge on any atom is -0.481 e. The maximum atomic E-state index is 11.0. The summed E-state index contributed by atoms with van der Waals surface area (Å²) in [5.74, 6) is -4.07. The number of carboxylic acids is 2. The van der Waals surface area contributed by atoms with Crippen LogP contribution in [-0.4, -0.2) is 27.9 Å². The summed E-state index contributed by atoms with van der Waals surface area (Å²) in [5.41, 5.74) is 0. The first-order valence-corrected chi connectivity index (χ1v) is 3.98. The van der Waals surface area contributed by atoms with E-state index in [0.29, 0.717) is 0 Å². The fraction of sp³-hybridized carbons (Fsp3) is 0.625. The van der Waals surface area contributed by atoms with Crippen molar-refractivity contribution in [3.8, 4) is 0 Å². The predicted octanol–water partition coefficient (Wildman–Crippen LogP) is 0.141. The van der Waals surface area contributed by atoms with Crippen LogP contribution < -0.4 is 0 Å². The molecule has 0 amide bonds. The number of hydrogen-bond acceptors (Lipinski definition) is 3. The Morgan fingerprint density at radius 2 is 1.46 bits per heavy atom. The van der Waals surface area contributed by atoms with Crippen LogP contribution in [0.2, 0.25) is 0 Å². The number of hydrogen-bond donors (Lipinski definition) is 2. The molecule has 1 fully saturated rings. The third-order valence-electron chi connectivity index (χ3n) is 2.22. The summed E-state index contributed by atoms with van der Waals surface area (Å²) < 4.78 is 0. The molecule has 0 saturated heterocycles. The van der Waals surface area contributed by atoms with Crippen molar-refractivity contribution in [1.29, 1.82) is 0 Å². The molecule has 1 saturated carbocycles. The molecule has 2 atom stereocenters. The van der Waals surface area contributed by atoms with Crippen molar-refractivity contribution in [1.82, 2.24) is 0 Å². The number of carbonyl (C=O) groups is 3. The fourth-order valence-corrected chi connectivity index (χ4v) is 1.52. The van der Waals surface area contributed by atoms with Gasteiger partial charge in [0.1, 0.15) is 5.78 Å². The number of ketones is 1. The maximum Gasteiger partial charge on any atom is 0.306 e. The Hall–Kier alpha value is -1.39. The largest absolute Gasteiger partial charge is 0.481 e. The van der Waals surface area contributed by atoms with Crippen molar-refractivity contribution >= 4 is 17.7 Å². The average Bonchev–Trinajstić information content (AvgIpc) is 2.03. The monoisotopic (exact) mass is 186 g/mol. The van der Waals surface area contributed by atoms with Gasteiger partial charge in [0.15, 0.2) is 0 Å². The van der Waals surface area contributed by atoms with Crippen LogP contribution in [0.5, 0.6) is 0 Å². The Balaban J connectivity index is 2.68. The SMILES string of the molecule is O=C1CC(C(=O)O)CC(C(=O)O)C1. The minimum atomic E-state index is -1.08. The van der Waals surface area contributed by atoms with Gasteiger partial charge < -0.3 is 10.2 Å². The average molecular weight is 186 g/mol. The van der Waals surface area contributed by atoms with Crippen LogP contribution in [-0.2, 0) is 14.4 Å². The topological polar surface area (TPSA) is 91.7 Å². The van der Waals surface area contributed by atoms with Gasteiger partial charge in [-0.1, -0.05) is 0 Å². The molecular formula is C8H10O5. The number of Topliss-reactive ketones (excluding diaryl/α,β-unsaturated/α-hetero) is 1.